The van der Waals surface area contributed by atoms with Gasteiger partial charge in [-0.15, -0.1) is 10.2 Å². The van der Waals surface area contributed by atoms with Crippen molar-refractivity contribution in [3.8, 4) is 0 Å². The summed E-state index contributed by atoms with van der Waals surface area (Å²) in [5.74, 6) is 1.62. The van der Waals surface area contributed by atoms with Crippen molar-refractivity contribution in [3.63, 3.8) is 0 Å². The van der Waals surface area contributed by atoms with E-state index in [0.717, 1.165) is 51.4 Å². The molecule has 1 aromatic carbocycles. The molecule has 2 aliphatic rings. The Morgan fingerprint density at radius 2 is 2.00 bits per heavy atom. The van der Waals surface area contributed by atoms with Gasteiger partial charge in [-0.05, 0) is 43.2 Å². The van der Waals surface area contributed by atoms with Crippen LogP contribution in [0, 0.1) is 5.41 Å². The Morgan fingerprint density at radius 1 is 1.20 bits per heavy atom. The minimum Gasteiger partial charge on any atom is -0.381 e. The van der Waals surface area contributed by atoms with Gasteiger partial charge in [0.25, 0.3) is 0 Å². The highest BCUT2D eigenvalue weighted by atomic mass is 16.5. The minimum absolute atomic E-state index is 0.311. The second-order valence-corrected chi connectivity index (χ2v) is 7.65. The van der Waals surface area contributed by atoms with Crippen molar-refractivity contribution in [1.82, 2.24) is 19.7 Å². The van der Waals surface area contributed by atoms with Crippen molar-refractivity contribution in [2.45, 2.75) is 31.6 Å². The summed E-state index contributed by atoms with van der Waals surface area (Å²) >= 11 is 0. The van der Waals surface area contributed by atoms with Crippen molar-refractivity contribution in [2.24, 2.45) is 12.5 Å². The van der Waals surface area contributed by atoms with Crippen molar-refractivity contribution < 1.29 is 4.74 Å². The average Bonchev–Trinajstić information content (AvgIpc) is 3.20. The second kappa shape index (κ2) is 7.26. The van der Waals surface area contributed by atoms with E-state index >= 15 is 0 Å². The molecule has 5 heteroatoms. The Morgan fingerprint density at radius 3 is 2.72 bits per heavy atom. The number of ether oxygens (including phenoxy) is 1. The fourth-order valence-electron chi connectivity index (χ4n) is 4.64. The summed E-state index contributed by atoms with van der Waals surface area (Å²) in [5.41, 5.74) is 1.75. The normalized spacial score (nSPS) is 23.3. The van der Waals surface area contributed by atoms with Crippen LogP contribution in [0.3, 0.4) is 0 Å². The van der Waals surface area contributed by atoms with E-state index in [1.807, 2.05) is 6.33 Å². The van der Waals surface area contributed by atoms with E-state index in [9.17, 15) is 0 Å². The van der Waals surface area contributed by atoms with Gasteiger partial charge in [-0.25, -0.2) is 0 Å². The molecule has 5 nitrogen and oxygen atoms in total. The Balaban J connectivity index is 1.43. The Bertz CT molecular complexity index is 678. The molecule has 3 heterocycles. The minimum atomic E-state index is 0.311. The highest BCUT2D eigenvalue weighted by molar-refractivity contribution is 5.15. The quantitative estimate of drug-likeness (QED) is 0.839. The lowest BCUT2D eigenvalue weighted by Crippen LogP contribution is -2.37. The first-order valence-electron chi connectivity index (χ1n) is 9.45. The topological polar surface area (TPSA) is 43.2 Å². The molecule has 2 fully saturated rings. The van der Waals surface area contributed by atoms with Gasteiger partial charge in [-0.3, -0.25) is 0 Å². The van der Waals surface area contributed by atoms with Crippen LogP contribution in [0.25, 0.3) is 0 Å². The van der Waals surface area contributed by atoms with Crippen LogP contribution in [0.1, 0.15) is 36.6 Å². The van der Waals surface area contributed by atoms with Crippen LogP contribution in [-0.2, 0) is 18.2 Å². The van der Waals surface area contributed by atoms with Gasteiger partial charge in [-0.1, -0.05) is 30.3 Å². The monoisotopic (exact) mass is 340 g/mol. The number of hydrogen-bond acceptors (Lipinski definition) is 4. The number of aryl methyl sites for hydroxylation is 2. The largest absolute Gasteiger partial charge is 0.381 e. The first-order valence-corrected chi connectivity index (χ1v) is 9.45. The molecule has 1 spiro atoms. The van der Waals surface area contributed by atoms with Crippen LogP contribution in [-0.4, -0.2) is 52.5 Å². The Hall–Kier alpha value is -1.72. The lowest BCUT2D eigenvalue weighted by atomic mass is 9.72. The molecule has 0 saturated carbocycles. The molecule has 25 heavy (non-hydrogen) atoms. The van der Waals surface area contributed by atoms with Gasteiger partial charge in [0.15, 0.2) is 0 Å². The van der Waals surface area contributed by atoms with Crippen LogP contribution < -0.4 is 0 Å². The number of likely N-dealkylation sites (tertiary alicyclic amines) is 1. The lowest BCUT2D eigenvalue weighted by molar-refractivity contribution is 0.0108. The van der Waals surface area contributed by atoms with Crippen molar-refractivity contribution in [1.29, 1.82) is 0 Å². The molecule has 2 aromatic rings. The summed E-state index contributed by atoms with van der Waals surface area (Å²) < 4.78 is 7.77. The third-order valence-electron chi connectivity index (χ3n) is 6.05. The van der Waals surface area contributed by atoms with Gasteiger partial charge >= 0.3 is 0 Å². The van der Waals surface area contributed by atoms with Crippen LogP contribution in [0.5, 0.6) is 0 Å². The maximum absolute atomic E-state index is 5.66. The van der Waals surface area contributed by atoms with Crippen LogP contribution in [0.4, 0.5) is 0 Å². The predicted octanol–water partition coefficient (Wildman–Crippen LogP) is 2.64. The maximum atomic E-state index is 5.66. The molecule has 2 saturated heterocycles. The first-order chi connectivity index (χ1) is 12.3. The SMILES string of the molecule is Cn1cnnc1C1CN(CCCc2ccccc2)CC12CCOCC2. The number of hydrogen-bond donors (Lipinski definition) is 0. The molecule has 0 N–H and O–H groups in total. The van der Waals surface area contributed by atoms with E-state index in [1.165, 1.54) is 18.5 Å². The van der Waals surface area contributed by atoms with E-state index < -0.39 is 0 Å². The number of benzene rings is 1. The number of rotatable bonds is 5. The zero-order valence-corrected chi connectivity index (χ0v) is 15.1. The maximum Gasteiger partial charge on any atom is 0.137 e. The molecule has 4 rings (SSSR count). The number of nitrogens with zero attached hydrogens (tertiary/aromatic N) is 4. The van der Waals surface area contributed by atoms with Gasteiger partial charge in [0.2, 0.25) is 0 Å². The van der Waals surface area contributed by atoms with E-state index in [-0.39, 0.29) is 0 Å². The van der Waals surface area contributed by atoms with Gasteiger partial charge in [0.1, 0.15) is 12.2 Å². The summed E-state index contributed by atoms with van der Waals surface area (Å²) in [6.07, 6.45) is 6.48. The van der Waals surface area contributed by atoms with Crippen molar-refractivity contribution >= 4 is 0 Å². The Labute approximate surface area is 150 Å². The second-order valence-electron chi connectivity index (χ2n) is 7.65. The molecule has 1 unspecified atom stereocenters. The fourth-order valence-corrected chi connectivity index (χ4v) is 4.64. The molecular weight excluding hydrogens is 312 g/mol. The molecule has 134 valence electrons. The summed E-state index contributed by atoms with van der Waals surface area (Å²) in [5, 5.41) is 8.59. The highest BCUT2D eigenvalue weighted by Crippen LogP contribution is 2.48. The van der Waals surface area contributed by atoms with E-state index in [0.29, 0.717) is 11.3 Å². The van der Waals surface area contributed by atoms with Gasteiger partial charge in [0, 0.05) is 39.3 Å². The van der Waals surface area contributed by atoms with E-state index in [4.69, 9.17) is 4.74 Å². The molecular formula is C20H28N4O. The summed E-state index contributed by atoms with van der Waals surface area (Å²) in [6.45, 7) is 5.19. The zero-order valence-electron chi connectivity index (χ0n) is 15.1. The summed E-state index contributed by atoms with van der Waals surface area (Å²) in [7, 11) is 2.07. The molecule has 0 amide bonds. The van der Waals surface area contributed by atoms with Crippen molar-refractivity contribution in [2.75, 3.05) is 32.8 Å². The molecule has 1 aromatic heterocycles. The highest BCUT2D eigenvalue weighted by Gasteiger charge is 2.49. The van der Waals surface area contributed by atoms with Gasteiger partial charge < -0.3 is 14.2 Å². The third kappa shape index (κ3) is 3.48. The smallest absolute Gasteiger partial charge is 0.137 e. The number of aromatic nitrogens is 3. The molecule has 0 aliphatic carbocycles. The third-order valence-corrected chi connectivity index (χ3v) is 6.05. The molecule has 0 radical (unpaired) electrons. The predicted molar refractivity (Wildman–Crippen MR) is 97.4 cm³/mol. The van der Waals surface area contributed by atoms with Crippen LogP contribution in [0.2, 0.25) is 0 Å². The zero-order chi connectivity index (χ0) is 17.1. The molecule has 1 atom stereocenters. The molecule has 0 bridgehead atoms. The summed E-state index contributed by atoms with van der Waals surface area (Å²) in [4.78, 5) is 2.65. The summed E-state index contributed by atoms with van der Waals surface area (Å²) in [6, 6.07) is 10.8. The first kappa shape index (κ1) is 16.7. The van der Waals surface area contributed by atoms with Crippen LogP contribution in [0.15, 0.2) is 36.7 Å². The van der Waals surface area contributed by atoms with Crippen LogP contribution >= 0.6 is 0 Å². The van der Waals surface area contributed by atoms with E-state index in [2.05, 4.69) is 57.0 Å². The standard InChI is InChI=1S/C20H28N4O/c1-23-16-21-22-19(23)18-14-24(15-20(18)9-12-25-13-10-20)11-5-8-17-6-3-2-4-7-17/h2-4,6-7,16,18H,5,8-15H2,1H3. The Kier molecular flexibility index (Phi) is 4.86. The lowest BCUT2D eigenvalue weighted by Gasteiger charge is -2.37. The van der Waals surface area contributed by atoms with E-state index in [1.54, 1.807) is 0 Å². The average molecular weight is 340 g/mol. The molecule has 2 aliphatic heterocycles. The van der Waals surface area contributed by atoms with Gasteiger partial charge in [-0.2, -0.15) is 0 Å². The fraction of sp³-hybridized carbons (Fsp3) is 0.600. The van der Waals surface area contributed by atoms with Crippen molar-refractivity contribution in [3.05, 3.63) is 48.0 Å². The van der Waals surface area contributed by atoms with Gasteiger partial charge in [0.05, 0.1) is 0 Å².